The molecular weight excluding hydrogens is 801 g/mol. The number of hydrogen-bond donors (Lipinski definition) is 0. The monoisotopic (exact) mass is 838 g/mol. The van der Waals surface area contributed by atoms with E-state index in [0.717, 1.165) is 28.1 Å². The summed E-state index contributed by atoms with van der Waals surface area (Å²) in [7, 11) is 0. The van der Waals surface area contributed by atoms with Gasteiger partial charge in [-0.3, -0.25) is 0 Å². The number of aryl methyl sites for hydroxylation is 1. The van der Waals surface area contributed by atoms with Gasteiger partial charge in [0.15, 0.2) is 0 Å². The van der Waals surface area contributed by atoms with E-state index < -0.39 is 19.2 Å². The molecule has 0 spiro atoms. The molecule has 4 aromatic heterocycles. The second kappa shape index (κ2) is 13.1. The number of benzene rings is 3. The Hall–Kier alpha value is -2.67. The molecule has 7 aromatic rings. The van der Waals surface area contributed by atoms with Crippen LogP contribution >= 0.6 is 22.7 Å². The van der Waals surface area contributed by atoms with Crippen LogP contribution in [0.3, 0.4) is 0 Å². The van der Waals surface area contributed by atoms with E-state index in [-0.39, 0.29) is 20.1 Å². The summed E-state index contributed by atoms with van der Waals surface area (Å²) in [5.74, 6) is 6.56. The first-order chi connectivity index (χ1) is 20.5. The first-order valence-corrected chi connectivity index (χ1v) is 23.1. The molecule has 2 nitrogen and oxygen atoms in total. The fourth-order valence-electron chi connectivity index (χ4n) is 5.28. The number of aromatic nitrogens is 2. The molecule has 0 aliphatic rings. The minimum absolute atomic E-state index is 0. The van der Waals surface area contributed by atoms with Gasteiger partial charge in [-0.05, 0) is 28.4 Å². The van der Waals surface area contributed by atoms with E-state index in [1.165, 1.54) is 39.5 Å². The molecule has 43 heavy (non-hydrogen) atoms. The Balaban J connectivity index is 0.000000187. The van der Waals surface area contributed by atoms with Crippen LogP contribution < -0.4 is 4.40 Å². The summed E-state index contributed by atoms with van der Waals surface area (Å²) < 4.78 is 15.1. The first-order valence-electron chi connectivity index (χ1n) is 14.7. The van der Waals surface area contributed by atoms with Crippen molar-refractivity contribution in [2.45, 2.75) is 43.9 Å². The maximum atomic E-state index is 8.31. The maximum Gasteiger partial charge on any atom is 0.0426 e. The Morgan fingerprint density at radius 2 is 1.56 bits per heavy atom. The molecule has 0 fully saturated rings. The molecule has 0 bridgehead atoms. The van der Waals surface area contributed by atoms with Crippen LogP contribution in [0.5, 0.6) is 0 Å². The number of thiophene rings is 2. The molecule has 1 radical (unpaired) electrons. The average Bonchev–Trinajstić information content (AvgIpc) is 3.53. The Morgan fingerprint density at radius 3 is 2.28 bits per heavy atom. The molecule has 7 rings (SSSR count). The molecule has 6 heteroatoms. The molecule has 0 unspecified atom stereocenters. The van der Waals surface area contributed by atoms with Crippen molar-refractivity contribution in [3.05, 3.63) is 115 Å². The standard InChI is InChI=1S/C22H16NS2.C15H18GeN.Ir/c1-13(2)14-10-11-23-18(12-14)15-7-5-8-17-20(15)25-21-16-6-3-4-9-19(16)24-22(17)21;1-12-10-15(13-8-6-5-7-9-13)17-11-14(12)16(2,3)4;/h3-6,8-13H,1-2H3;5-8,10-11H,1-4H3;/q2*-1;/i13D;;. The summed E-state index contributed by atoms with van der Waals surface area (Å²) in [5.41, 5.74) is 6.37. The summed E-state index contributed by atoms with van der Waals surface area (Å²) in [6.07, 6.45) is 3.88. The molecule has 0 saturated carbocycles. The van der Waals surface area contributed by atoms with Gasteiger partial charge in [-0.2, -0.15) is 11.3 Å². The third-order valence-corrected chi connectivity index (χ3v) is 14.5. The van der Waals surface area contributed by atoms with Gasteiger partial charge in [0.05, 0.1) is 0 Å². The minimum Gasteiger partial charge on any atom is -0.305 e. The molecule has 219 valence electrons. The van der Waals surface area contributed by atoms with Crippen molar-refractivity contribution in [2.75, 3.05) is 0 Å². The Bertz CT molecular complexity index is 2070. The van der Waals surface area contributed by atoms with Gasteiger partial charge >= 0.3 is 106 Å². The third-order valence-electron chi connectivity index (χ3n) is 7.45. The topological polar surface area (TPSA) is 25.8 Å². The van der Waals surface area contributed by atoms with E-state index in [1.54, 1.807) is 6.20 Å². The van der Waals surface area contributed by atoms with Gasteiger partial charge in [0.25, 0.3) is 0 Å². The molecular formula is C37H34GeIrN2S2-2. The van der Waals surface area contributed by atoms with Crippen molar-refractivity contribution in [3.63, 3.8) is 0 Å². The second-order valence-corrected chi connectivity index (χ2v) is 24.4. The first kappa shape index (κ1) is 30.4. The van der Waals surface area contributed by atoms with E-state index in [0.29, 0.717) is 0 Å². The third kappa shape index (κ3) is 6.57. The van der Waals surface area contributed by atoms with Gasteiger partial charge in [-0.1, -0.05) is 49.1 Å². The zero-order valence-corrected chi connectivity index (χ0v) is 31.3. The van der Waals surface area contributed by atoms with Crippen LogP contribution in [-0.4, -0.2) is 23.2 Å². The van der Waals surface area contributed by atoms with Gasteiger partial charge in [0.1, 0.15) is 0 Å². The van der Waals surface area contributed by atoms with Crippen LogP contribution in [-0.2, 0) is 20.1 Å². The van der Waals surface area contributed by atoms with Crippen molar-refractivity contribution in [1.82, 2.24) is 9.97 Å². The van der Waals surface area contributed by atoms with Crippen molar-refractivity contribution < 1.29 is 21.5 Å². The zero-order chi connectivity index (χ0) is 30.4. The largest absolute Gasteiger partial charge is 0.305 e. The van der Waals surface area contributed by atoms with Gasteiger partial charge in [-0.25, -0.2) is 0 Å². The average molecular weight is 837 g/mol. The molecule has 0 aliphatic heterocycles. The van der Waals surface area contributed by atoms with Crippen LogP contribution in [0.2, 0.25) is 17.3 Å². The minimum atomic E-state index is -1.77. The van der Waals surface area contributed by atoms with Crippen LogP contribution in [0.4, 0.5) is 0 Å². The van der Waals surface area contributed by atoms with Gasteiger partial charge in [-0.15, -0.1) is 35.1 Å². The second-order valence-electron chi connectivity index (χ2n) is 11.8. The molecule has 0 atom stereocenters. The summed E-state index contributed by atoms with van der Waals surface area (Å²) in [6.45, 7) is 6.01. The summed E-state index contributed by atoms with van der Waals surface area (Å²) in [4.78, 5) is 9.18. The fraction of sp³-hybridized carbons (Fsp3) is 0.189. The van der Waals surface area contributed by atoms with E-state index >= 15 is 0 Å². The van der Waals surface area contributed by atoms with Gasteiger partial charge in [0.2, 0.25) is 0 Å². The summed E-state index contributed by atoms with van der Waals surface area (Å²) in [6, 6.07) is 33.5. The normalized spacial score (nSPS) is 12.1. The zero-order valence-electron chi connectivity index (χ0n) is 26.2. The SMILES string of the molecule is Cc1cc(-c2[c-]cccc2)nc[c]1[Ge]([CH3])([CH3])[CH3].[2H]C(C)(C)c1ccnc(-c2[c-]ccc3c2sc2c4ccccc4sc32)c1.[Ir]. The van der Waals surface area contributed by atoms with Crippen LogP contribution in [0, 0.1) is 19.1 Å². The molecule has 4 heterocycles. The van der Waals surface area contributed by atoms with E-state index in [1.807, 2.05) is 72.9 Å². The number of rotatable bonds is 4. The molecule has 0 aliphatic carbocycles. The predicted octanol–water partition coefficient (Wildman–Crippen LogP) is 10.7. The quantitative estimate of drug-likeness (QED) is 0.130. The van der Waals surface area contributed by atoms with Crippen molar-refractivity contribution in [3.8, 4) is 22.5 Å². The predicted molar refractivity (Wildman–Crippen MR) is 187 cm³/mol. The summed E-state index contributed by atoms with van der Waals surface area (Å²) >= 11 is 1.91. The van der Waals surface area contributed by atoms with Crippen molar-refractivity contribution in [1.29, 1.82) is 0 Å². The van der Waals surface area contributed by atoms with Crippen molar-refractivity contribution >= 4 is 69.9 Å². The van der Waals surface area contributed by atoms with Crippen LogP contribution in [0.15, 0.2) is 91.3 Å². The van der Waals surface area contributed by atoms with E-state index in [4.69, 9.17) is 1.37 Å². The number of nitrogens with zero attached hydrogens (tertiary/aromatic N) is 2. The maximum absolute atomic E-state index is 8.31. The molecule has 0 amide bonds. The molecule has 0 saturated heterocycles. The number of fused-ring (bicyclic) bond motifs is 5. The van der Waals surface area contributed by atoms with Gasteiger partial charge in [0, 0.05) is 47.2 Å². The fourth-order valence-corrected chi connectivity index (χ4v) is 11.6. The number of pyridine rings is 2. The Morgan fingerprint density at radius 1 is 0.791 bits per heavy atom. The number of hydrogen-bond acceptors (Lipinski definition) is 4. The molecule has 3 aromatic carbocycles. The van der Waals surface area contributed by atoms with Gasteiger partial charge < -0.3 is 4.98 Å². The van der Waals surface area contributed by atoms with E-state index in [9.17, 15) is 0 Å². The Kier molecular flexibility index (Phi) is 9.27. The summed E-state index contributed by atoms with van der Waals surface area (Å²) in [5, 5.41) is 2.60. The van der Waals surface area contributed by atoms with Crippen molar-refractivity contribution in [2.24, 2.45) is 0 Å². The smallest absolute Gasteiger partial charge is 0.0426 e. The van der Waals surface area contributed by atoms with E-state index in [2.05, 4.69) is 95.0 Å². The molecule has 0 N–H and O–H groups in total. The Labute approximate surface area is 280 Å². The van der Waals surface area contributed by atoms with Crippen LogP contribution in [0.1, 0.15) is 32.2 Å². The van der Waals surface area contributed by atoms with Crippen LogP contribution in [0.25, 0.3) is 52.1 Å².